The van der Waals surface area contributed by atoms with Crippen molar-refractivity contribution in [1.82, 2.24) is 0 Å². The molecule has 0 radical (unpaired) electrons. The highest BCUT2D eigenvalue weighted by atomic mass is 32.2. The summed E-state index contributed by atoms with van der Waals surface area (Å²) in [6.45, 7) is -8.17. The van der Waals surface area contributed by atoms with Crippen molar-refractivity contribution in [2.24, 2.45) is 0 Å². The van der Waals surface area contributed by atoms with Crippen molar-refractivity contribution in [3.05, 3.63) is 18.2 Å². The molecule has 0 aromatic heterocycles. The standard InChI is InChI=1S/C24H10F32O5S/c25-9(26)13(33,34)17(41,42)21(49,50)23(53,54)19(45,46)15(37,38)11(29,30)4-60-7-2-1-6(62(57,58)59)3-8(7)61-5-12(31,32)16(39,40)20(47,48)24(55,56)22(51,52)18(43,44)14(35,36)10(27)28/h1-3,9-10H,4-5H2,(H,57,58,59). The summed E-state index contributed by atoms with van der Waals surface area (Å²) in [6.07, 6.45) is -12.5. The van der Waals surface area contributed by atoms with E-state index in [9.17, 15) is 149 Å². The molecule has 0 atom stereocenters. The highest BCUT2D eigenvalue weighted by Gasteiger charge is 2.95. The first kappa shape index (κ1) is 56.5. The molecule has 0 spiro atoms. The topological polar surface area (TPSA) is 72.8 Å². The van der Waals surface area contributed by atoms with Crippen molar-refractivity contribution in [2.75, 3.05) is 13.2 Å². The third-order valence-electron chi connectivity index (χ3n) is 7.49. The molecule has 1 aromatic carbocycles. The van der Waals surface area contributed by atoms with Gasteiger partial charge in [-0.1, -0.05) is 0 Å². The highest BCUT2D eigenvalue weighted by Crippen LogP contribution is 2.65. The van der Waals surface area contributed by atoms with Gasteiger partial charge in [-0.05, 0) is 12.1 Å². The van der Waals surface area contributed by atoms with Gasteiger partial charge in [0.05, 0.1) is 4.90 Å². The normalized spacial score (nSPS) is 16.0. The van der Waals surface area contributed by atoms with Crippen LogP contribution in [0.3, 0.4) is 0 Å². The van der Waals surface area contributed by atoms with Crippen LogP contribution in [0.1, 0.15) is 0 Å². The van der Waals surface area contributed by atoms with Gasteiger partial charge in [-0.3, -0.25) is 4.55 Å². The Morgan fingerprint density at radius 1 is 0.403 bits per heavy atom. The summed E-state index contributed by atoms with van der Waals surface area (Å²) < 4.78 is 473. The first-order valence-corrected chi connectivity index (χ1v) is 15.3. The zero-order valence-corrected chi connectivity index (χ0v) is 28.2. The Labute approximate surface area is 317 Å². The zero-order chi connectivity index (χ0) is 50.3. The summed E-state index contributed by atoms with van der Waals surface area (Å²) in [7, 11) is -6.00. The number of alkyl halides is 32. The Morgan fingerprint density at radius 2 is 0.645 bits per heavy atom. The SMILES string of the molecule is O=S(=O)(O)c1ccc(OCC(F)(F)C(F)(F)C(F)(F)C(F)(F)C(F)(F)C(F)(F)C(F)(F)C(F)F)c(OCC(F)(F)C(F)(F)C(F)(F)C(F)(F)C(F)(F)C(F)(F)C(F)(F)C(F)F)c1. The van der Waals surface area contributed by atoms with Crippen LogP contribution in [-0.4, -0.2) is 122 Å². The van der Waals surface area contributed by atoms with E-state index in [2.05, 4.69) is 9.47 Å². The summed E-state index contributed by atoms with van der Waals surface area (Å²) >= 11 is 0. The Kier molecular flexibility index (Phi) is 14.2. The lowest BCUT2D eigenvalue weighted by atomic mass is 9.89. The summed E-state index contributed by atoms with van der Waals surface area (Å²) in [5.74, 6) is -124. The molecule has 38 heteroatoms. The van der Waals surface area contributed by atoms with E-state index in [0.29, 0.717) is 0 Å². The molecular weight excluding hydrogens is 1010 g/mol. The fourth-order valence-electron chi connectivity index (χ4n) is 3.73. The minimum Gasteiger partial charge on any atom is -0.483 e. The van der Waals surface area contributed by atoms with Crippen LogP contribution >= 0.6 is 0 Å². The molecule has 62 heavy (non-hydrogen) atoms. The fraction of sp³-hybridized carbons (Fsp3) is 0.750. The molecule has 0 unspecified atom stereocenters. The van der Waals surface area contributed by atoms with Crippen molar-refractivity contribution in [2.45, 2.75) is 101 Å². The van der Waals surface area contributed by atoms with E-state index >= 15 is 0 Å². The first-order valence-electron chi connectivity index (χ1n) is 13.9. The van der Waals surface area contributed by atoms with Crippen LogP contribution in [-0.2, 0) is 10.1 Å². The quantitative estimate of drug-likeness (QED) is 0.0981. The Balaban J connectivity index is 3.79. The maximum absolute atomic E-state index is 14.3. The van der Waals surface area contributed by atoms with E-state index in [-0.39, 0.29) is 0 Å². The van der Waals surface area contributed by atoms with Crippen LogP contribution in [0.2, 0.25) is 0 Å². The maximum Gasteiger partial charge on any atom is 0.385 e. The summed E-state index contributed by atoms with van der Waals surface area (Å²) in [5, 5.41) is 0. The summed E-state index contributed by atoms with van der Waals surface area (Å²) in [4.78, 5) is -2.05. The second-order valence-electron chi connectivity index (χ2n) is 11.7. The molecule has 1 N–H and O–H groups in total. The third-order valence-corrected chi connectivity index (χ3v) is 8.34. The average molecular weight is 1020 g/mol. The van der Waals surface area contributed by atoms with E-state index in [1.165, 1.54) is 0 Å². The van der Waals surface area contributed by atoms with Gasteiger partial charge in [0.2, 0.25) is 0 Å². The first-order chi connectivity index (χ1) is 26.7. The molecule has 0 saturated carbocycles. The van der Waals surface area contributed by atoms with Gasteiger partial charge in [0, 0.05) is 6.07 Å². The fourth-order valence-corrected chi connectivity index (χ4v) is 4.23. The van der Waals surface area contributed by atoms with Gasteiger partial charge >= 0.3 is 95.8 Å². The van der Waals surface area contributed by atoms with Crippen molar-refractivity contribution in [1.29, 1.82) is 0 Å². The van der Waals surface area contributed by atoms with Gasteiger partial charge in [-0.15, -0.1) is 0 Å². The Hall–Kier alpha value is -3.51. The molecule has 0 amide bonds. The molecule has 0 saturated heterocycles. The Bertz CT molecular complexity index is 1870. The van der Waals surface area contributed by atoms with Crippen LogP contribution in [0.15, 0.2) is 23.1 Å². The number of hydrogen-bond acceptors (Lipinski definition) is 4. The predicted octanol–water partition coefficient (Wildman–Crippen LogP) is 11.1. The number of rotatable bonds is 21. The second-order valence-corrected chi connectivity index (χ2v) is 13.1. The zero-order valence-electron chi connectivity index (χ0n) is 27.4. The molecule has 0 aliphatic carbocycles. The van der Waals surface area contributed by atoms with Crippen LogP contribution in [0.4, 0.5) is 140 Å². The van der Waals surface area contributed by atoms with Gasteiger partial charge in [-0.2, -0.15) is 131 Å². The van der Waals surface area contributed by atoms with Gasteiger partial charge in [-0.25, -0.2) is 17.6 Å². The average Bonchev–Trinajstić information content (AvgIpc) is 3.08. The lowest BCUT2D eigenvalue weighted by Gasteiger charge is -2.42. The number of halogens is 32. The summed E-state index contributed by atoms with van der Waals surface area (Å²) in [5.41, 5.74) is 0. The molecule has 0 bridgehead atoms. The molecule has 1 rings (SSSR count). The smallest absolute Gasteiger partial charge is 0.385 e. The number of hydrogen-bond donors (Lipinski definition) is 1. The molecule has 1 aromatic rings. The van der Waals surface area contributed by atoms with E-state index < -0.39 is 154 Å². The third kappa shape index (κ3) is 8.00. The van der Waals surface area contributed by atoms with Crippen molar-refractivity contribution >= 4 is 10.1 Å². The van der Waals surface area contributed by atoms with Gasteiger partial charge in [0.15, 0.2) is 24.7 Å². The maximum atomic E-state index is 14.3. The van der Waals surface area contributed by atoms with E-state index in [1.807, 2.05) is 0 Å². The van der Waals surface area contributed by atoms with Crippen LogP contribution in [0, 0.1) is 0 Å². The second kappa shape index (κ2) is 15.6. The minimum absolute atomic E-state index is 0.429. The van der Waals surface area contributed by atoms with Crippen molar-refractivity contribution in [3.63, 3.8) is 0 Å². The highest BCUT2D eigenvalue weighted by molar-refractivity contribution is 7.85. The van der Waals surface area contributed by atoms with Crippen molar-refractivity contribution in [3.8, 4) is 11.5 Å². The van der Waals surface area contributed by atoms with Crippen LogP contribution in [0.5, 0.6) is 11.5 Å². The van der Waals surface area contributed by atoms with Gasteiger partial charge in [0.25, 0.3) is 10.1 Å². The van der Waals surface area contributed by atoms with Crippen molar-refractivity contribution < 1.29 is 163 Å². The molecule has 0 fully saturated rings. The van der Waals surface area contributed by atoms with Gasteiger partial charge in [0.1, 0.15) is 0 Å². The molecule has 366 valence electrons. The number of ether oxygens (including phenoxy) is 2. The molecule has 0 heterocycles. The lowest BCUT2D eigenvalue weighted by molar-refractivity contribution is -0.447. The van der Waals surface area contributed by atoms with Crippen LogP contribution < -0.4 is 9.47 Å². The summed E-state index contributed by atoms with van der Waals surface area (Å²) in [6, 6.07) is -1.97. The molecular formula is C24H10F32O5S. The lowest BCUT2D eigenvalue weighted by Crippen LogP contribution is -2.74. The van der Waals surface area contributed by atoms with E-state index in [1.54, 1.807) is 0 Å². The number of benzene rings is 1. The monoisotopic (exact) mass is 1020 g/mol. The minimum atomic E-state index is -9.03. The molecule has 0 aliphatic heterocycles. The Morgan fingerprint density at radius 3 is 0.903 bits per heavy atom. The predicted molar refractivity (Wildman–Crippen MR) is 129 cm³/mol. The van der Waals surface area contributed by atoms with E-state index in [4.69, 9.17) is 4.55 Å². The largest absolute Gasteiger partial charge is 0.483 e. The van der Waals surface area contributed by atoms with E-state index in [0.717, 1.165) is 0 Å². The molecule has 0 aliphatic rings. The molecule has 5 nitrogen and oxygen atoms in total. The van der Waals surface area contributed by atoms with Gasteiger partial charge < -0.3 is 9.47 Å². The van der Waals surface area contributed by atoms with Crippen LogP contribution in [0.25, 0.3) is 0 Å².